The molecule has 0 aromatic rings. The lowest BCUT2D eigenvalue weighted by molar-refractivity contribution is -0.638. The monoisotopic (exact) mass is 128 g/mol. The summed E-state index contributed by atoms with van der Waals surface area (Å²) in [4.78, 5) is 0. The molecule has 0 aromatic heterocycles. The van der Waals surface area contributed by atoms with E-state index in [-0.39, 0.29) is 0 Å². The third-order valence-electron chi connectivity index (χ3n) is 2.24. The fraction of sp³-hybridized carbons (Fsp3) is 1.00. The van der Waals surface area contributed by atoms with E-state index in [2.05, 4.69) is 12.2 Å². The van der Waals surface area contributed by atoms with Crippen molar-refractivity contribution >= 4 is 0 Å². The van der Waals surface area contributed by atoms with Gasteiger partial charge in [-0.2, -0.15) is 0 Å². The van der Waals surface area contributed by atoms with Crippen molar-refractivity contribution in [2.75, 3.05) is 13.1 Å². The van der Waals surface area contributed by atoms with Crippen molar-refractivity contribution in [1.29, 1.82) is 0 Å². The highest BCUT2D eigenvalue weighted by Crippen LogP contribution is 2.11. The van der Waals surface area contributed by atoms with Gasteiger partial charge < -0.3 is 5.32 Å². The average Bonchev–Trinajstić information content (AvgIpc) is 2.34. The van der Waals surface area contributed by atoms with Crippen LogP contribution in [0.1, 0.15) is 32.6 Å². The van der Waals surface area contributed by atoms with Crippen molar-refractivity contribution in [2.45, 2.75) is 32.6 Å². The Morgan fingerprint density at radius 3 is 3.00 bits per heavy atom. The zero-order chi connectivity index (χ0) is 6.53. The van der Waals surface area contributed by atoms with Crippen molar-refractivity contribution in [2.24, 2.45) is 5.92 Å². The molecule has 2 N–H and O–H groups in total. The van der Waals surface area contributed by atoms with Crippen LogP contribution in [0.2, 0.25) is 0 Å². The van der Waals surface area contributed by atoms with Crippen LogP contribution < -0.4 is 5.32 Å². The van der Waals surface area contributed by atoms with Gasteiger partial charge in [-0.25, -0.2) is 0 Å². The molecule has 0 aliphatic carbocycles. The quantitative estimate of drug-likeness (QED) is 0.578. The van der Waals surface area contributed by atoms with E-state index in [1.54, 1.807) is 0 Å². The Morgan fingerprint density at radius 1 is 1.56 bits per heavy atom. The first-order valence-electron chi connectivity index (χ1n) is 4.25. The van der Waals surface area contributed by atoms with Crippen molar-refractivity contribution in [1.82, 2.24) is 0 Å². The van der Waals surface area contributed by atoms with E-state index in [1.807, 2.05) is 0 Å². The summed E-state index contributed by atoms with van der Waals surface area (Å²) < 4.78 is 0. The second-order valence-corrected chi connectivity index (χ2v) is 3.11. The third-order valence-corrected chi connectivity index (χ3v) is 2.24. The SMILES string of the molecule is CCCC[C@H]1CC[NH2+]C1. The van der Waals surface area contributed by atoms with Crippen LogP contribution in [0, 0.1) is 5.92 Å². The van der Waals surface area contributed by atoms with E-state index in [0.717, 1.165) is 5.92 Å². The van der Waals surface area contributed by atoms with Crippen LogP contribution >= 0.6 is 0 Å². The summed E-state index contributed by atoms with van der Waals surface area (Å²) in [5.41, 5.74) is 0. The third kappa shape index (κ3) is 2.35. The molecular formula is C8H18N+. The summed E-state index contributed by atoms with van der Waals surface area (Å²) in [5, 5.41) is 2.44. The van der Waals surface area contributed by atoms with Gasteiger partial charge in [0, 0.05) is 12.3 Å². The molecule has 1 heteroatoms. The van der Waals surface area contributed by atoms with Crippen LogP contribution in [-0.2, 0) is 0 Å². The highest BCUT2D eigenvalue weighted by molar-refractivity contribution is 4.59. The van der Waals surface area contributed by atoms with E-state index < -0.39 is 0 Å². The first-order chi connectivity index (χ1) is 4.43. The normalized spacial score (nSPS) is 27.0. The second-order valence-electron chi connectivity index (χ2n) is 3.11. The minimum atomic E-state index is 1.06. The van der Waals surface area contributed by atoms with E-state index in [4.69, 9.17) is 0 Å². The molecular weight excluding hydrogens is 110 g/mol. The Bertz CT molecular complexity index is 65.0. The smallest absolute Gasteiger partial charge is 0.0786 e. The summed E-state index contributed by atoms with van der Waals surface area (Å²) in [6, 6.07) is 0. The van der Waals surface area contributed by atoms with Crippen molar-refractivity contribution in [3.05, 3.63) is 0 Å². The summed E-state index contributed by atoms with van der Waals surface area (Å²) in [6.07, 6.45) is 5.77. The molecule has 0 saturated carbocycles. The Balaban J connectivity index is 1.98. The number of rotatable bonds is 3. The molecule has 0 bridgehead atoms. The Labute approximate surface area is 57.8 Å². The van der Waals surface area contributed by atoms with E-state index in [0.29, 0.717) is 0 Å². The van der Waals surface area contributed by atoms with Crippen LogP contribution in [0.3, 0.4) is 0 Å². The van der Waals surface area contributed by atoms with Crippen molar-refractivity contribution in [3.63, 3.8) is 0 Å². The molecule has 0 aromatic carbocycles. The number of quaternary nitrogens is 1. The van der Waals surface area contributed by atoms with Gasteiger partial charge in [0.15, 0.2) is 0 Å². The minimum Gasteiger partial charge on any atom is -0.346 e. The molecule has 1 fully saturated rings. The predicted molar refractivity (Wildman–Crippen MR) is 39.3 cm³/mol. The minimum absolute atomic E-state index is 1.06. The lowest BCUT2D eigenvalue weighted by atomic mass is 10.0. The maximum absolute atomic E-state index is 2.44. The fourth-order valence-electron chi connectivity index (χ4n) is 1.58. The van der Waals surface area contributed by atoms with Gasteiger partial charge in [0.1, 0.15) is 0 Å². The predicted octanol–water partition coefficient (Wildman–Crippen LogP) is 0.760. The Hall–Kier alpha value is -0.0400. The van der Waals surface area contributed by atoms with Gasteiger partial charge >= 0.3 is 0 Å². The first kappa shape index (κ1) is 7.07. The molecule has 1 rings (SSSR count). The van der Waals surface area contributed by atoms with Gasteiger partial charge in [-0.05, 0) is 6.42 Å². The van der Waals surface area contributed by atoms with Crippen molar-refractivity contribution < 1.29 is 5.32 Å². The molecule has 0 unspecified atom stereocenters. The van der Waals surface area contributed by atoms with Gasteiger partial charge in [0.25, 0.3) is 0 Å². The fourth-order valence-corrected chi connectivity index (χ4v) is 1.58. The van der Waals surface area contributed by atoms with Crippen LogP contribution in [0.25, 0.3) is 0 Å². The Morgan fingerprint density at radius 2 is 2.44 bits per heavy atom. The lowest BCUT2D eigenvalue weighted by Gasteiger charge is -2.01. The van der Waals surface area contributed by atoms with Crippen molar-refractivity contribution in [3.8, 4) is 0 Å². The molecule has 1 heterocycles. The first-order valence-corrected chi connectivity index (χ1v) is 4.25. The maximum Gasteiger partial charge on any atom is 0.0786 e. The summed E-state index contributed by atoms with van der Waals surface area (Å²) in [7, 11) is 0. The summed E-state index contributed by atoms with van der Waals surface area (Å²) >= 11 is 0. The van der Waals surface area contributed by atoms with Crippen LogP contribution in [-0.4, -0.2) is 13.1 Å². The van der Waals surface area contributed by atoms with Gasteiger partial charge in [0.2, 0.25) is 0 Å². The number of hydrogen-bond donors (Lipinski definition) is 1. The van der Waals surface area contributed by atoms with Crippen LogP contribution in [0.15, 0.2) is 0 Å². The zero-order valence-electron chi connectivity index (χ0n) is 6.40. The van der Waals surface area contributed by atoms with Crippen LogP contribution in [0.4, 0.5) is 0 Å². The standard InChI is InChI=1S/C8H17N/c1-2-3-4-8-5-6-9-7-8/h8-9H,2-7H2,1H3/p+1/t8-/m0/s1. The van der Waals surface area contributed by atoms with Gasteiger partial charge in [-0.15, -0.1) is 0 Å². The molecule has 54 valence electrons. The second kappa shape index (κ2) is 3.89. The van der Waals surface area contributed by atoms with Gasteiger partial charge in [-0.1, -0.05) is 19.8 Å². The summed E-state index contributed by atoms with van der Waals surface area (Å²) in [5.74, 6) is 1.06. The highest BCUT2D eigenvalue weighted by Gasteiger charge is 2.16. The molecule has 1 saturated heterocycles. The summed E-state index contributed by atoms with van der Waals surface area (Å²) in [6.45, 7) is 5.06. The number of nitrogens with two attached hydrogens (primary N) is 1. The topological polar surface area (TPSA) is 16.6 Å². The largest absolute Gasteiger partial charge is 0.346 e. The number of hydrogen-bond acceptors (Lipinski definition) is 0. The van der Waals surface area contributed by atoms with Gasteiger partial charge in [-0.3, -0.25) is 0 Å². The molecule has 9 heavy (non-hydrogen) atoms. The Kier molecular flexibility index (Phi) is 3.05. The lowest BCUT2D eigenvalue weighted by Crippen LogP contribution is -2.81. The molecule has 1 atom stereocenters. The maximum atomic E-state index is 2.44. The highest BCUT2D eigenvalue weighted by atomic mass is 14.9. The molecule has 0 spiro atoms. The van der Waals surface area contributed by atoms with E-state index >= 15 is 0 Å². The van der Waals surface area contributed by atoms with Crippen LogP contribution in [0.5, 0.6) is 0 Å². The molecule has 0 amide bonds. The zero-order valence-corrected chi connectivity index (χ0v) is 6.40. The molecule has 1 aliphatic heterocycles. The number of unbranched alkanes of at least 4 members (excludes halogenated alkanes) is 1. The van der Waals surface area contributed by atoms with E-state index in [1.165, 1.54) is 38.8 Å². The average molecular weight is 128 g/mol. The molecule has 1 aliphatic rings. The van der Waals surface area contributed by atoms with E-state index in [9.17, 15) is 0 Å². The van der Waals surface area contributed by atoms with Gasteiger partial charge in [0.05, 0.1) is 13.1 Å². The molecule has 0 radical (unpaired) electrons. The molecule has 1 nitrogen and oxygen atoms in total.